The Morgan fingerprint density at radius 1 is 1.00 bits per heavy atom. The second kappa shape index (κ2) is 7.41. The van der Waals surface area contributed by atoms with E-state index in [-0.39, 0.29) is 24.0 Å². The summed E-state index contributed by atoms with van der Waals surface area (Å²) in [6, 6.07) is 5.57. The molecule has 0 unspecified atom stereocenters. The number of nitrogens with zero attached hydrogens (tertiary/aromatic N) is 1. The zero-order valence-corrected chi connectivity index (χ0v) is 14.7. The molecule has 3 N–H and O–H groups in total. The molecule has 2 aromatic carbocycles. The highest BCUT2D eigenvalue weighted by molar-refractivity contribution is 5.67. The molecular formula is C17H14F7N3O2. The molecular weight excluding hydrogens is 411 g/mol. The van der Waals surface area contributed by atoms with Crippen LogP contribution in [0.15, 0.2) is 36.4 Å². The monoisotopic (exact) mass is 425 g/mol. The lowest BCUT2D eigenvalue weighted by atomic mass is 9.93. The highest BCUT2D eigenvalue weighted by Gasteiger charge is 2.73. The Bertz CT molecular complexity index is 912. The van der Waals surface area contributed by atoms with Crippen molar-refractivity contribution in [2.45, 2.75) is 31.5 Å². The lowest BCUT2D eigenvalue weighted by Gasteiger charge is -2.30. The van der Waals surface area contributed by atoms with Gasteiger partial charge in [0, 0.05) is 23.7 Å². The number of benzene rings is 2. The normalized spacial score (nSPS) is 12.7. The Morgan fingerprint density at radius 2 is 1.59 bits per heavy atom. The summed E-state index contributed by atoms with van der Waals surface area (Å²) in [5.74, 6) is 0. The zero-order chi connectivity index (χ0) is 22.2. The maximum absolute atomic E-state index is 14.1. The number of alkyl halides is 7. The Kier molecular flexibility index (Phi) is 5.68. The number of nitro groups is 1. The second-order valence-corrected chi connectivity index (χ2v) is 6.19. The minimum absolute atomic E-state index is 0.0156. The van der Waals surface area contributed by atoms with Gasteiger partial charge in [-0.3, -0.25) is 10.1 Å². The van der Waals surface area contributed by atoms with Crippen molar-refractivity contribution in [2.24, 2.45) is 0 Å². The van der Waals surface area contributed by atoms with Crippen molar-refractivity contribution in [3.63, 3.8) is 0 Å². The summed E-state index contributed by atoms with van der Waals surface area (Å²) in [5.41, 5.74) is -1.52. The molecule has 0 heterocycles. The molecule has 0 aromatic heterocycles. The third-order valence-electron chi connectivity index (χ3n) is 4.17. The highest BCUT2D eigenvalue weighted by Crippen LogP contribution is 2.53. The van der Waals surface area contributed by atoms with Crippen LogP contribution in [-0.2, 0) is 12.2 Å². The molecule has 0 saturated heterocycles. The van der Waals surface area contributed by atoms with Crippen molar-refractivity contribution in [1.82, 2.24) is 0 Å². The van der Waals surface area contributed by atoms with Gasteiger partial charge in [-0.05, 0) is 30.7 Å². The van der Waals surface area contributed by atoms with E-state index in [2.05, 4.69) is 5.32 Å². The van der Waals surface area contributed by atoms with Crippen LogP contribution in [0.2, 0.25) is 0 Å². The first-order valence-corrected chi connectivity index (χ1v) is 7.88. The molecule has 29 heavy (non-hydrogen) atoms. The van der Waals surface area contributed by atoms with Crippen molar-refractivity contribution in [2.75, 3.05) is 11.1 Å². The van der Waals surface area contributed by atoms with Gasteiger partial charge in [0.25, 0.3) is 5.69 Å². The van der Waals surface area contributed by atoms with Crippen LogP contribution in [0.3, 0.4) is 0 Å². The van der Waals surface area contributed by atoms with Crippen LogP contribution in [0, 0.1) is 17.0 Å². The van der Waals surface area contributed by atoms with E-state index in [1.807, 2.05) is 0 Å². The maximum Gasteiger partial charge on any atom is 0.435 e. The summed E-state index contributed by atoms with van der Waals surface area (Å²) in [6.07, 6.45) is -12.5. The van der Waals surface area contributed by atoms with Crippen LogP contribution >= 0.6 is 0 Å². The first kappa shape index (κ1) is 22.2. The largest absolute Gasteiger partial charge is 0.435 e. The van der Waals surface area contributed by atoms with Crippen molar-refractivity contribution in [1.29, 1.82) is 0 Å². The van der Waals surface area contributed by atoms with Gasteiger partial charge < -0.3 is 11.1 Å². The number of nitrogens with two attached hydrogens (primary N) is 1. The van der Waals surface area contributed by atoms with Gasteiger partial charge in [-0.2, -0.15) is 26.3 Å². The van der Waals surface area contributed by atoms with Gasteiger partial charge in [-0.15, -0.1) is 0 Å². The SMILES string of the molecule is Cc1cc(CNc2ccc(C(F)(C(F)(F)F)C(F)(F)F)cc2N)ccc1[N+](=O)[O-]. The Hall–Kier alpha value is -3.05. The molecule has 0 atom stereocenters. The number of rotatable bonds is 5. The van der Waals surface area contributed by atoms with Crippen LogP contribution in [0.1, 0.15) is 16.7 Å². The number of halogens is 7. The molecule has 0 aliphatic rings. The van der Waals surface area contributed by atoms with Gasteiger partial charge in [0.2, 0.25) is 0 Å². The fourth-order valence-electron chi connectivity index (χ4n) is 2.66. The Balaban J connectivity index is 2.28. The number of nitro benzene ring substituents is 1. The summed E-state index contributed by atoms with van der Waals surface area (Å²) >= 11 is 0. The van der Waals surface area contributed by atoms with E-state index in [4.69, 9.17) is 5.73 Å². The second-order valence-electron chi connectivity index (χ2n) is 6.19. The number of aryl methyl sites for hydroxylation is 1. The molecule has 0 saturated carbocycles. The molecule has 0 aliphatic carbocycles. The molecule has 2 aromatic rings. The van der Waals surface area contributed by atoms with Gasteiger partial charge in [-0.25, -0.2) is 4.39 Å². The fraction of sp³-hybridized carbons (Fsp3) is 0.294. The van der Waals surface area contributed by atoms with E-state index in [0.717, 1.165) is 6.07 Å². The molecule has 12 heteroatoms. The van der Waals surface area contributed by atoms with Gasteiger partial charge in [0.1, 0.15) is 0 Å². The van der Waals surface area contributed by atoms with Gasteiger partial charge >= 0.3 is 18.0 Å². The number of hydrogen-bond acceptors (Lipinski definition) is 4. The lowest BCUT2D eigenvalue weighted by Crippen LogP contribution is -2.50. The molecule has 5 nitrogen and oxygen atoms in total. The number of hydrogen-bond donors (Lipinski definition) is 2. The van der Waals surface area contributed by atoms with Crippen molar-refractivity contribution in [3.05, 3.63) is 63.2 Å². The summed E-state index contributed by atoms with van der Waals surface area (Å²) in [4.78, 5) is 10.2. The molecule has 0 amide bonds. The van der Waals surface area contributed by atoms with E-state index in [1.165, 1.54) is 25.1 Å². The van der Waals surface area contributed by atoms with E-state index in [9.17, 15) is 40.8 Å². The van der Waals surface area contributed by atoms with Crippen molar-refractivity contribution in [3.8, 4) is 0 Å². The van der Waals surface area contributed by atoms with Gasteiger partial charge in [0.15, 0.2) is 0 Å². The van der Waals surface area contributed by atoms with E-state index < -0.39 is 34.2 Å². The third-order valence-corrected chi connectivity index (χ3v) is 4.17. The quantitative estimate of drug-likeness (QED) is 0.291. The zero-order valence-electron chi connectivity index (χ0n) is 14.7. The lowest BCUT2D eigenvalue weighted by molar-refractivity contribution is -0.385. The van der Waals surface area contributed by atoms with Crippen LogP contribution in [0.4, 0.5) is 47.8 Å². The molecule has 158 valence electrons. The average molecular weight is 425 g/mol. The van der Waals surface area contributed by atoms with Crippen molar-refractivity contribution < 1.29 is 35.7 Å². The number of nitrogens with one attached hydrogen (secondary N) is 1. The molecule has 0 bridgehead atoms. The predicted molar refractivity (Wildman–Crippen MR) is 90.9 cm³/mol. The smallest absolute Gasteiger partial charge is 0.397 e. The number of anilines is 2. The van der Waals surface area contributed by atoms with Crippen molar-refractivity contribution >= 4 is 17.1 Å². The Morgan fingerprint density at radius 3 is 2.03 bits per heavy atom. The first-order valence-electron chi connectivity index (χ1n) is 7.88. The topological polar surface area (TPSA) is 81.2 Å². The summed E-state index contributed by atoms with van der Waals surface area (Å²) in [7, 11) is 0. The first-order chi connectivity index (χ1) is 13.2. The van der Waals surface area contributed by atoms with Gasteiger partial charge in [0.05, 0.1) is 16.3 Å². The van der Waals surface area contributed by atoms with E-state index in [1.54, 1.807) is 0 Å². The van der Waals surface area contributed by atoms with Crippen LogP contribution < -0.4 is 11.1 Å². The molecule has 0 radical (unpaired) electrons. The van der Waals surface area contributed by atoms with Gasteiger partial charge in [-0.1, -0.05) is 12.1 Å². The molecule has 0 fully saturated rings. The van der Waals surface area contributed by atoms with Crippen LogP contribution in [0.25, 0.3) is 0 Å². The summed E-state index contributed by atoms with van der Waals surface area (Å²) < 4.78 is 91.0. The predicted octanol–water partition coefficient (Wildman–Crippen LogP) is 5.39. The van der Waals surface area contributed by atoms with E-state index in [0.29, 0.717) is 17.2 Å². The molecule has 0 spiro atoms. The fourth-order valence-corrected chi connectivity index (χ4v) is 2.66. The Labute approximate surface area is 159 Å². The van der Waals surface area contributed by atoms with Crippen LogP contribution in [0.5, 0.6) is 0 Å². The number of nitrogen functional groups attached to an aromatic ring is 1. The minimum Gasteiger partial charge on any atom is -0.397 e. The summed E-state index contributed by atoms with van der Waals surface area (Å²) in [5, 5.41) is 13.5. The maximum atomic E-state index is 14.1. The standard InChI is InChI=1S/C17H14F7N3O2/c1-9-6-10(2-5-14(9)27(28)29)8-26-13-4-3-11(7-12(13)25)15(18,16(19,20)21)17(22,23)24/h2-7,26H,8,25H2,1H3. The summed E-state index contributed by atoms with van der Waals surface area (Å²) in [6.45, 7) is 1.52. The minimum atomic E-state index is -6.23. The molecule has 0 aliphatic heterocycles. The average Bonchev–Trinajstić information content (AvgIpc) is 2.57. The van der Waals surface area contributed by atoms with Crippen LogP contribution in [-0.4, -0.2) is 17.3 Å². The third kappa shape index (κ3) is 4.20. The highest BCUT2D eigenvalue weighted by atomic mass is 19.4. The van der Waals surface area contributed by atoms with E-state index >= 15 is 0 Å². The molecule has 2 rings (SSSR count).